The average Bonchev–Trinajstić information content (AvgIpc) is 3.54. The molecule has 2 aliphatic rings. The molecule has 36 heavy (non-hydrogen) atoms. The maximum atomic E-state index is 12.6. The van der Waals surface area contributed by atoms with Gasteiger partial charge in [0.05, 0.1) is 19.8 Å². The number of carbonyl (C=O) groups is 1. The van der Waals surface area contributed by atoms with Gasteiger partial charge in [0.25, 0.3) is 5.91 Å². The van der Waals surface area contributed by atoms with E-state index in [1.165, 1.54) is 17.4 Å². The lowest BCUT2D eigenvalue weighted by Crippen LogP contribution is -2.41. The highest BCUT2D eigenvalue weighted by molar-refractivity contribution is 5.91. The van der Waals surface area contributed by atoms with Gasteiger partial charge in [-0.05, 0) is 30.2 Å². The standard InChI is InChI=1S/C27H32N4O5/c1-20-3-2-4-21(13-20)15-31(16-22-5-6-24-25(14-22)36-19-35-24)17-26-29-23(18-34-26)27(32)28-7-8-30-9-11-33-12-10-30/h2-6,13-14,18H,7-12,15-17,19H2,1H3,(H,28,32). The minimum Gasteiger partial charge on any atom is -0.454 e. The number of aromatic nitrogens is 1. The summed E-state index contributed by atoms with van der Waals surface area (Å²) < 4.78 is 22.1. The van der Waals surface area contributed by atoms with Gasteiger partial charge in [-0.1, -0.05) is 35.9 Å². The first-order valence-corrected chi connectivity index (χ1v) is 12.3. The summed E-state index contributed by atoms with van der Waals surface area (Å²) in [6, 6.07) is 14.4. The van der Waals surface area contributed by atoms with Crippen molar-refractivity contribution in [2.75, 3.05) is 46.2 Å². The van der Waals surface area contributed by atoms with Crippen molar-refractivity contribution in [3.8, 4) is 11.5 Å². The molecule has 2 aromatic carbocycles. The number of oxazole rings is 1. The lowest BCUT2D eigenvalue weighted by Gasteiger charge is -2.26. The number of carbonyl (C=O) groups excluding carboxylic acids is 1. The molecule has 5 rings (SSSR count). The normalized spacial score (nSPS) is 15.4. The van der Waals surface area contributed by atoms with E-state index in [1.807, 2.05) is 18.2 Å². The predicted octanol–water partition coefficient (Wildman–Crippen LogP) is 2.98. The molecule has 0 atom stereocenters. The highest BCUT2D eigenvalue weighted by Gasteiger charge is 2.18. The summed E-state index contributed by atoms with van der Waals surface area (Å²) in [5, 5.41) is 2.94. The van der Waals surface area contributed by atoms with Crippen LogP contribution in [0.2, 0.25) is 0 Å². The van der Waals surface area contributed by atoms with E-state index >= 15 is 0 Å². The van der Waals surface area contributed by atoms with Crippen molar-refractivity contribution in [2.24, 2.45) is 0 Å². The van der Waals surface area contributed by atoms with Crippen molar-refractivity contribution >= 4 is 5.91 Å². The lowest BCUT2D eigenvalue weighted by atomic mass is 10.1. The molecule has 1 fully saturated rings. The van der Waals surface area contributed by atoms with Crippen molar-refractivity contribution in [1.82, 2.24) is 20.1 Å². The minimum absolute atomic E-state index is 0.223. The van der Waals surface area contributed by atoms with E-state index in [0.717, 1.165) is 49.9 Å². The van der Waals surface area contributed by atoms with Gasteiger partial charge < -0.3 is 23.9 Å². The molecule has 2 aliphatic heterocycles. The number of fused-ring (bicyclic) bond motifs is 1. The van der Waals surface area contributed by atoms with E-state index in [4.69, 9.17) is 18.6 Å². The molecule has 0 aliphatic carbocycles. The molecule has 0 unspecified atom stereocenters. The quantitative estimate of drug-likeness (QED) is 0.462. The molecule has 0 bridgehead atoms. The predicted molar refractivity (Wildman–Crippen MR) is 133 cm³/mol. The number of rotatable bonds is 10. The first-order valence-electron chi connectivity index (χ1n) is 12.3. The average molecular weight is 493 g/mol. The third kappa shape index (κ3) is 6.42. The number of morpholine rings is 1. The molecule has 0 spiro atoms. The number of nitrogens with zero attached hydrogens (tertiary/aromatic N) is 3. The smallest absolute Gasteiger partial charge is 0.273 e. The van der Waals surface area contributed by atoms with Crippen molar-refractivity contribution in [1.29, 1.82) is 0 Å². The molecule has 3 aromatic rings. The number of amides is 1. The molecule has 1 amide bonds. The van der Waals surface area contributed by atoms with Gasteiger partial charge in [-0.2, -0.15) is 0 Å². The van der Waals surface area contributed by atoms with Crippen molar-refractivity contribution in [3.63, 3.8) is 0 Å². The Kier molecular flexibility index (Phi) is 7.80. The monoisotopic (exact) mass is 492 g/mol. The summed E-state index contributed by atoms with van der Waals surface area (Å²) in [6.45, 7) is 8.79. The fourth-order valence-electron chi connectivity index (χ4n) is 4.46. The van der Waals surface area contributed by atoms with Crippen LogP contribution in [-0.4, -0.2) is 66.9 Å². The van der Waals surface area contributed by atoms with Crippen molar-refractivity contribution < 1.29 is 23.4 Å². The first kappa shape index (κ1) is 24.3. The molecule has 3 heterocycles. The van der Waals surface area contributed by atoms with Gasteiger partial charge in [0, 0.05) is 39.3 Å². The zero-order chi connectivity index (χ0) is 24.7. The summed E-state index contributed by atoms with van der Waals surface area (Å²) in [5.41, 5.74) is 3.80. The maximum Gasteiger partial charge on any atom is 0.273 e. The summed E-state index contributed by atoms with van der Waals surface area (Å²) in [5.74, 6) is 1.80. The Morgan fingerprint density at radius 1 is 1.03 bits per heavy atom. The van der Waals surface area contributed by atoms with E-state index in [1.54, 1.807) is 0 Å². The fraction of sp³-hybridized carbons (Fsp3) is 0.407. The van der Waals surface area contributed by atoms with Crippen LogP contribution >= 0.6 is 0 Å². The third-order valence-corrected chi connectivity index (χ3v) is 6.29. The second-order valence-electron chi connectivity index (χ2n) is 9.16. The van der Waals surface area contributed by atoms with E-state index in [0.29, 0.717) is 37.8 Å². The van der Waals surface area contributed by atoms with Gasteiger partial charge in [-0.25, -0.2) is 4.98 Å². The van der Waals surface area contributed by atoms with E-state index in [2.05, 4.69) is 51.3 Å². The van der Waals surface area contributed by atoms with Crippen LogP contribution in [-0.2, 0) is 24.4 Å². The van der Waals surface area contributed by atoms with E-state index in [-0.39, 0.29) is 12.7 Å². The Morgan fingerprint density at radius 3 is 2.67 bits per heavy atom. The summed E-state index contributed by atoms with van der Waals surface area (Å²) in [6.07, 6.45) is 1.44. The molecule has 0 radical (unpaired) electrons. The lowest BCUT2D eigenvalue weighted by molar-refractivity contribution is 0.0383. The molecular weight excluding hydrogens is 460 g/mol. The maximum absolute atomic E-state index is 12.6. The van der Waals surface area contributed by atoms with Gasteiger partial charge in [0.1, 0.15) is 6.26 Å². The number of aryl methyl sites for hydroxylation is 1. The molecule has 1 N–H and O–H groups in total. The molecule has 190 valence electrons. The molecule has 1 saturated heterocycles. The van der Waals surface area contributed by atoms with Gasteiger partial charge >= 0.3 is 0 Å². The first-order chi connectivity index (χ1) is 17.6. The highest BCUT2D eigenvalue weighted by Crippen LogP contribution is 2.33. The van der Waals surface area contributed by atoms with Gasteiger partial charge in [-0.15, -0.1) is 0 Å². The second-order valence-corrected chi connectivity index (χ2v) is 9.16. The largest absolute Gasteiger partial charge is 0.454 e. The number of nitrogens with one attached hydrogen (secondary N) is 1. The van der Waals surface area contributed by atoms with Gasteiger partial charge in [0.15, 0.2) is 17.2 Å². The Labute approximate surface area is 210 Å². The van der Waals surface area contributed by atoms with Crippen molar-refractivity contribution in [2.45, 2.75) is 26.6 Å². The Hall–Kier alpha value is -3.40. The molecule has 9 nitrogen and oxygen atoms in total. The Balaban J connectivity index is 1.22. The van der Waals surface area contributed by atoms with E-state index in [9.17, 15) is 4.79 Å². The van der Waals surface area contributed by atoms with Crippen LogP contribution in [0.5, 0.6) is 11.5 Å². The van der Waals surface area contributed by atoms with Crippen LogP contribution in [0, 0.1) is 6.92 Å². The minimum atomic E-state index is -0.223. The molecule has 9 heteroatoms. The Bertz CT molecular complexity index is 1170. The highest BCUT2D eigenvalue weighted by atomic mass is 16.7. The number of ether oxygens (including phenoxy) is 3. The molecule has 0 saturated carbocycles. The summed E-state index contributed by atoms with van der Waals surface area (Å²) in [4.78, 5) is 21.6. The third-order valence-electron chi connectivity index (χ3n) is 6.29. The van der Waals surface area contributed by atoms with Crippen LogP contribution in [0.1, 0.15) is 33.1 Å². The van der Waals surface area contributed by atoms with Crippen molar-refractivity contribution in [3.05, 3.63) is 77.0 Å². The van der Waals surface area contributed by atoms with Crippen LogP contribution in [0.25, 0.3) is 0 Å². The zero-order valence-corrected chi connectivity index (χ0v) is 20.6. The number of benzene rings is 2. The van der Waals surface area contributed by atoms with Crippen LogP contribution in [0.3, 0.4) is 0 Å². The SMILES string of the molecule is Cc1cccc(CN(Cc2ccc3c(c2)OCO3)Cc2nc(C(=O)NCCN3CCOCC3)co2)c1. The van der Waals surface area contributed by atoms with Gasteiger partial charge in [-0.3, -0.25) is 14.6 Å². The van der Waals surface area contributed by atoms with Crippen LogP contribution in [0.4, 0.5) is 0 Å². The Morgan fingerprint density at radius 2 is 1.83 bits per heavy atom. The molecule has 1 aromatic heterocycles. The fourth-order valence-corrected chi connectivity index (χ4v) is 4.46. The topological polar surface area (TPSA) is 89.3 Å². The number of hydrogen-bond donors (Lipinski definition) is 1. The summed E-state index contributed by atoms with van der Waals surface area (Å²) in [7, 11) is 0. The van der Waals surface area contributed by atoms with Crippen LogP contribution < -0.4 is 14.8 Å². The summed E-state index contributed by atoms with van der Waals surface area (Å²) >= 11 is 0. The molecular formula is C27H32N4O5. The zero-order valence-electron chi connectivity index (χ0n) is 20.6. The van der Waals surface area contributed by atoms with Crippen LogP contribution in [0.15, 0.2) is 53.1 Å². The second kappa shape index (κ2) is 11.6. The van der Waals surface area contributed by atoms with Gasteiger partial charge in [0.2, 0.25) is 12.7 Å². The van der Waals surface area contributed by atoms with E-state index < -0.39 is 0 Å². The number of hydrogen-bond acceptors (Lipinski definition) is 8.